The highest BCUT2D eigenvalue weighted by molar-refractivity contribution is 5.72. The fraction of sp³-hybridized carbons (Fsp3) is 0.381. The van der Waals surface area contributed by atoms with E-state index in [1.165, 1.54) is 34.9 Å². The van der Waals surface area contributed by atoms with Crippen LogP contribution in [-0.2, 0) is 23.1 Å². The number of benzene rings is 2. The summed E-state index contributed by atoms with van der Waals surface area (Å²) < 4.78 is 5.15. The van der Waals surface area contributed by atoms with Gasteiger partial charge in [0.15, 0.2) is 0 Å². The molecule has 1 atom stereocenters. The number of aryl methyl sites for hydroxylation is 3. The van der Waals surface area contributed by atoms with E-state index in [1.54, 1.807) is 0 Å². The molecule has 1 spiro atoms. The first-order chi connectivity index (χ1) is 11.7. The third-order valence-corrected chi connectivity index (χ3v) is 5.61. The van der Waals surface area contributed by atoms with Gasteiger partial charge in [-0.25, -0.2) is 4.79 Å². The summed E-state index contributed by atoms with van der Waals surface area (Å²) in [6, 6.07) is 15.3. The molecule has 1 heterocycles. The minimum atomic E-state index is -0.387. The van der Waals surface area contributed by atoms with Crippen LogP contribution in [0.15, 0.2) is 42.5 Å². The smallest absolute Gasteiger partial charge is 0.410 e. The number of nitrogens with zero attached hydrogens (tertiary/aromatic N) is 1. The monoisotopic (exact) mass is 321 g/mol. The molecule has 3 heteroatoms. The first-order valence-electron chi connectivity index (χ1n) is 8.71. The largest absolute Gasteiger partial charge is 0.453 e. The molecule has 2 aromatic carbocycles. The van der Waals surface area contributed by atoms with E-state index in [0.717, 1.165) is 32.2 Å². The Labute approximate surface area is 143 Å². The second-order valence-electron chi connectivity index (χ2n) is 6.90. The summed E-state index contributed by atoms with van der Waals surface area (Å²) in [6.07, 6.45) is 3.76. The van der Waals surface area contributed by atoms with Crippen molar-refractivity contribution in [2.75, 3.05) is 13.7 Å². The molecule has 1 aliphatic heterocycles. The molecule has 24 heavy (non-hydrogen) atoms. The van der Waals surface area contributed by atoms with Crippen molar-refractivity contribution in [3.8, 4) is 0 Å². The highest BCUT2D eigenvalue weighted by Gasteiger charge is 2.49. The molecule has 3 nitrogen and oxygen atoms in total. The van der Waals surface area contributed by atoms with Gasteiger partial charge in [-0.1, -0.05) is 48.0 Å². The maximum absolute atomic E-state index is 12.6. The molecule has 1 saturated heterocycles. The molecule has 0 bridgehead atoms. The maximum Gasteiger partial charge on any atom is 0.410 e. The number of fused-ring (bicyclic) bond motifs is 4. The summed E-state index contributed by atoms with van der Waals surface area (Å²) in [6.45, 7) is 2.87. The van der Waals surface area contributed by atoms with Gasteiger partial charge in [0.25, 0.3) is 0 Å². The van der Waals surface area contributed by atoms with E-state index in [9.17, 15) is 4.79 Å². The number of carbonyl (C=O) groups excluding carboxylic acids is 1. The van der Waals surface area contributed by atoms with Gasteiger partial charge in [0.2, 0.25) is 0 Å². The molecular formula is C21H23NO2. The van der Waals surface area contributed by atoms with Gasteiger partial charge in [0.1, 0.15) is 0 Å². The van der Waals surface area contributed by atoms with Crippen LogP contribution in [0.2, 0.25) is 0 Å². The molecule has 0 aromatic heterocycles. The van der Waals surface area contributed by atoms with Crippen LogP contribution in [0.3, 0.4) is 0 Å². The molecular weight excluding hydrogens is 298 g/mol. The fourth-order valence-electron chi connectivity index (χ4n) is 4.59. The highest BCUT2D eigenvalue weighted by Crippen LogP contribution is 2.49. The number of methoxy groups -OCH3 is 1. The molecule has 1 unspecified atom stereocenters. The molecule has 0 saturated carbocycles. The van der Waals surface area contributed by atoms with E-state index in [1.807, 2.05) is 4.90 Å². The van der Waals surface area contributed by atoms with Crippen LogP contribution in [0.1, 0.15) is 40.7 Å². The van der Waals surface area contributed by atoms with Crippen LogP contribution in [0, 0.1) is 6.92 Å². The summed E-state index contributed by atoms with van der Waals surface area (Å²) in [5, 5.41) is 0. The summed E-state index contributed by atoms with van der Waals surface area (Å²) in [5.41, 5.74) is 6.12. The van der Waals surface area contributed by atoms with Crippen LogP contribution in [0.5, 0.6) is 0 Å². The van der Waals surface area contributed by atoms with Crippen molar-refractivity contribution in [1.29, 1.82) is 0 Å². The number of amides is 1. The number of hydrogen-bond donors (Lipinski definition) is 0. The fourth-order valence-corrected chi connectivity index (χ4v) is 4.59. The lowest BCUT2D eigenvalue weighted by Crippen LogP contribution is -2.46. The van der Waals surface area contributed by atoms with Gasteiger partial charge in [-0.05, 0) is 54.9 Å². The van der Waals surface area contributed by atoms with Gasteiger partial charge in [-0.3, -0.25) is 4.90 Å². The van der Waals surface area contributed by atoms with Crippen LogP contribution in [-0.4, -0.2) is 24.6 Å². The van der Waals surface area contributed by atoms with Crippen molar-refractivity contribution < 1.29 is 9.53 Å². The van der Waals surface area contributed by atoms with E-state index in [-0.39, 0.29) is 11.6 Å². The van der Waals surface area contributed by atoms with Crippen molar-refractivity contribution >= 4 is 6.09 Å². The Bertz CT molecular complexity index is 798. The third kappa shape index (κ3) is 2.07. The Hall–Kier alpha value is -2.29. The molecule has 0 radical (unpaired) electrons. The van der Waals surface area contributed by atoms with Gasteiger partial charge in [0.05, 0.1) is 12.6 Å². The predicted molar refractivity (Wildman–Crippen MR) is 94.2 cm³/mol. The summed E-state index contributed by atoms with van der Waals surface area (Å²) in [5.74, 6) is 0. The molecule has 2 aromatic rings. The summed E-state index contributed by atoms with van der Waals surface area (Å²) in [4.78, 5) is 14.6. The second-order valence-corrected chi connectivity index (χ2v) is 6.90. The standard InChI is InChI=1S/C21H23NO2/c1-15-8-9-17-11-10-16-6-3-4-7-18(16)21(19(17)14-15)12-5-13-22(21)20(23)24-2/h3-4,6-9,14H,5,10-13H2,1-2H3. The number of carbonyl (C=O) groups is 1. The Balaban J connectivity index is 2.04. The van der Waals surface area contributed by atoms with E-state index in [0.29, 0.717) is 0 Å². The van der Waals surface area contributed by atoms with Gasteiger partial charge < -0.3 is 4.74 Å². The van der Waals surface area contributed by atoms with E-state index in [4.69, 9.17) is 4.74 Å². The lowest BCUT2D eigenvalue weighted by molar-refractivity contribution is 0.0983. The van der Waals surface area contributed by atoms with Gasteiger partial charge >= 0.3 is 6.09 Å². The van der Waals surface area contributed by atoms with Crippen molar-refractivity contribution in [2.24, 2.45) is 0 Å². The normalized spacial score (nSPS) is 22.0. The maximum atomic E-state index is 12.6. The molecule has 1 aliphatic carbocycles. The Morgan fingerprint density at radius 2 is 1.83 bits per heavy atom. The molecule has 124 valence electrons. The van der Waals surface area contributed by atoms with E-state index >= 15 is 0 Å². The van der Waals surface area contributed by atoms with Crippen LogP contribution in [0.4, 0.5) is 4.79 Å². The zero-order chi connectivity index (χ0) is 16.7. The Kier molecular flexibility index (Phi) is 3.60. The average molecular weight is 321 g/mol. The Morgan fingerprint density at radius 1 is 1.08 bits per heavy atom. The van der Waals surface area contributed by atoms with Crippen LogP contribution >= 0.6 is 0 Å². The first kappa shape index (κ1) is 15.3. The van der Waals surface area contributed by atoms with Gasteiger partial charge in [-0.15, -0.1) is 0 Å². The van der Waals surface area contributed by atoms with Crippen LogP contribution < -0.4 is 0 Å². The van der Waals surface area contributed by atoms with Gasteiger partial charge in [-0.2, -0.15) is 0 Å². The minimum Gasteiger partial charge on any atom is -0.453 e. The predicted octanol–water partition coefficient (Wildman–Crippen LogP) is 4.20. The number of hydrogen-bond acceptors (Lipinski definition) is 2. The average Bonchev–Trinajstić information content (AvgIpc) is 3.00. The van der Waals surface area contributed by atoms with Crippen molar-refractivity contribution in [2.45, 2.75) is 38.1 Å². The van der Waals surface area contributed by atoms with Crippen molar-refractivity contribution in [1.82, 2.24) is 4.90 Å². The number of ether oxygens (including phenoxy) is 1. The second kappa shape index (κ2) is 5.66. The lowest BCUT2D eigenvalue weighted by Gasteiger charge is -2.40. The van der Waals surface area contributed by atoms with Crippen molar-refractivity contribution in [3.05, 3.63) is 70.3 Å². The third-order valence-electron chi connectivity index (χ3n) is 5.61. The molecule has 4 rings (SSSR count). The topological polar surface area (TPSA) is 29.5 Å². The van der Waals surface area contributed by atoms with E-state index < -0.39 is 0 Å². The van der Waals surface area contributed by atoms with Crippen molar-refractivity contribution in [3.63, 3.8) is 0 Å². The molecule has 1 amide bonds. The SMILES string of the molecule is COC(=O)N1CCCC12c1ccccc1CCc1ccc(C)cc12. The highest BCUT2D eigenvalue weighted by atomic mass is 16.5. The summed E-state index contributed by atoms with van der Waals surface area (Å²) in [7, 11) is 1.48. The first-order valence-corrected chi connectivity index (χ1v) is 8.71. The minimum absolute atomic E-state index is 0.225. The zero-order valence-corrected chi connectivity index (χ0v) is 14.3. The van der Waals surface area contributed by atoms with Gasteiger partial charge in [0, 0.05) is 6.54 Å². The Morgan fingerprint density at radius 3 is 2.62 bits per heavy atom. The number of likely N-dealkylation sites (tertiary alicyclic amines) is 1. The lowest BCUT2D eigenvalue weighted by atomic mass is 9.78. The van der Waals surface area contributed by atoms with E-state index in [2.05, 4.69) is 49.4 Å². The number of rotatable bonds is 0. The van der Waals surface area contributed by atoms with Crippen LogP contribution in [0.25, 0.3) is 0 Å². The molecule has 1 fully saturated rings. The quantitative estimate of drug-likeness (QED) is 0.728. The molecule has 2 aliphatic rings. The molecule has 0 N–H and O–H groups in total. The zero-order valence-electron chi connectivity index (χ0n) is 14.3. The summed E-state index contributed by atoms with van der Waals surface area (Å²) >= 11 is 0.